The Morgan fingerprint density at radius 1 is 0.850 bits per heavy atom. The van der Waals surface area contributed by atoms with Crippen LogP contribution < -0.4 is 14.4 Å². The van der Waals surface area contributed by atoms with E-state index in [1.807, 2.05) is 87.5 Å². The van der Waals surface area contributed by atoms with Crippen LogP contribution in [0, 0.1) is 13.8 Å². The van der Waals surface area contributed by atoms with E-state index in [2.05, 4.69) is 0 Å². The van der Waals surface area contributed by atoms with Crippen molar-refractivity contribution in [3.05, 3.63) is 130 Å². The quantitative estimate of drug-likeness (QED) is 0.151. The second-order valence-corrected chi connectivity index (χ2v) is 9.76. The molecule has 0 aromatic heterocycles. The largest absolute Gasteiger partial charge is 0.507 e. The Morgan fingerprint density at radius 2 is 1.55 bits per heavy atom. The van der Waals surface area contributed by atoms with Gasteiger partial charge in [-0.3, -0.25) is 14.5 Å². The number of nitrogens with zero attached hydrogens (tertiary/aromatic N) is 1. The summed E-state index contributed by atoms with van der Waals surface area (Å²) in [5.41, 5.74) is 4.60. The van der Waals surface area contributed by atoms with E-state index in [0.717, 1.165) is 16.7 Å². The standard InChI is InChI=1S/C34H31NO5/c1-4-39-28-17-12-25(13-18-28)31-30(33(37)34(38)35(31)27-15-10-22(2)11-16-27)32(36)26-14-19-29(23(3)20-26)40-21-24-8-6-5-7-9-24/h5-20,31,36H,4,21H2,1-3H3/b32-30-. The minimum atomic E-state index is -0.812. The fraction of sp³-hybridized carbons (Fsp3) is 0.176. The summed E-state index contributed by atoms with van der Waals surface area (Å²) in [5, 5.41) is 11.5. The Morgan fingerprint density at radius 3 is 2.20 bits per heavy atom. The number of hydrogen-bond acceptors (Lipinski definition) is 5. The fourth-order valence-electron chi connectivity index (χ4n) is 4.88. The van der Waals surface area contributed by atoms with Gasteiger partial charge in [-0.25, -0.2) is 0 Å². The Hall–Kier alpha value is -4.84. The SMILES string of the molecule is CCOc1ccc(C2/C(=C(/O)c3ccc(OCc4ccccc4)c(C)c3)C(=O)C(=O)N2c2ccc(C)cc2)cc1. The van der Waals surface area contributed by atoms with Crippen LogP contribution in [-0.2, 0) is 16.2 Å². The molecule has 1 heterocycles. The van der Waals surface area contributed by atoms with E-state index in [0.29, 0.717) is 41.5 Å². The average molecular weight is 534 g/mol. The highest BCUT2D eigenvalue weighted by atomic mass is 16.5. The molecule has 5 rings (SSSR count). The van der Waals surface area contributed by atoms with Crippen LogP contribution in [-0.4, -0.2) is 23.4 Å². The third-order valence-corrected chi connectivity index (χ3v) is 6.95. The van der Waals surface area contributed by atoms with Gasteiger partial charge in [-0.1, -0.05) is 60.2 Å². The van der Waals surface area contributed by atoms with Crippen molar-refractivity contribution in [3.63, 3.8) is 0 Å². The van der Waals surface area contributed by atoms with E-state index >= 15 is 0 Å². The first kappa shape index (κ1) is 26.8. The van der Waals surface area contributed by atoms with Gasteiger partial charge in [0.1, 0.15) is 23.9 Å². The number of ether oxygens (including phenoxy) is 2. The summed E-state index contributed by atoms with van der Waals surface area (Å²) in [7, 11) is 0. The summed E-state index contributed by atoms with van der Waals surface area (Å²) in [4.78, 5) is 28.3. The zero-order chi connectivity index (χ0) is 28.2. The van der Waals surface area contributed by atoms with Crippen LogP contribution in [0.2, 0.25) is 0 Å². The van der Waals surface area contributed by atoms with Gasteiger partial charge in [0.2, 0.25) is 0 Å². The molecular formula is C34H31NO5. The van der Waals surface area contributed by atoms with Crippen LogP contribution >= 0.6 is 0 Å². The van der Waals surface area contributed by atoms with Crippen molar-refractivity contribution in [1.29, 1.82) is 0 Å². The molecule has 4 aromatic rings. The molecule has 1 N–H and O–H groups in total. The molecule has 6 nitrogen and oxygen atoms in total. The lowest BCUT2D eigenvalue weighted by Gasteiger charge is -2.25. The number of aryl methyl sites for hydroxylation is 2. The molecule has 4 aromatic carbocycles. The molecule has 0 spiro atoms. The zero-order valence-corrected chi connectivity index (χ0v) is 22.8. The van der Waals surface area contributed by atoms with Crippen LogP contribution in [0.5, 0.6) is 11.5 Å². The highest BCUT2D eigenvalue weighted by Gasteiger charge is 2.47. The molecule has 1 saturated heterocycles. The molecule has 1 atom stereocenters. The zero-order valence-electron chi connectivity index (χ0n) is 22.8. The molecule has 40 heavy (non-hydrogen) atoms. The number of aliphatic hydroxyl groups excluding tert-OH is 1. The molecule has 1 fully saturated rings. The van der Waals surface area contributed by atoms with Crippen LogP contribution in [0.3, 0.4) is 0 Å². The fourth-order valence-corrected chi connectivity index (χ4v) is 4.88. The maximum absolute atomic E-state index is 13.5. The van der Waals surface area contributed by atoms with E-state index in [1.165, 1.54) is 4.90 Å². The second kappa shape index (κ2) is 11.5. The van der Waals surface area contributed by atoms with E-state index in [-0.39, 0.29) is 11.3 Å². The van der Waals surface area contributed by atoms with E-state index in [9.17, 15) is 14.7 Å². The van der Waals surface area contributed by atoms with E-state index in [4.69, 9.17) is 9.47 Å². The number of amides is 1. The van der Waals surface area contributed by atoms with Gasteiger partial charge in [0.05, 0.1) is 18.2 Å². The smallest absolute Gasteiger partial charge is 0.300 e. The molecule has 0 aliphatic carbocycles. The molecule has 202 valence electrons. The van der Waals surface area contributed by atoms with Gasteiger partial charge in [-0.2, -0.15) is 0 Å². The number of benzene rings is 4. The van der Waals surface area contributed by atoms with Gasteiger partial charge in [-0.05, 0) is 79.9 Å². The van der Waals surface area contributed by atoms with Gasteiger partial charge < -0.3 is 14.6 Å². The number of carbonyl (C=O) groups is 2. The summed E-state index contributed by atoms with van der Waals surface area (Å²) in [6, 6.07) is 28.9. The summed E-state index contributed by atoms with van der Waals surface area (Å²) < 4.78 is 11.6. The first-order valence-electron chi connectivity index (χ1n) is 13.3. The minimum Gasteiger partial charge on any atom is -0.507 e. The number of ketones is 1. The molecule has 0 radical (unpaired) electrons. The summed E-state index contributed by atoms with van der Waals surface area (Å²) in [5.74, 6) is -0.309. The van der Waals surface area contributed by atoms with Gasteiger partial charge >= 0.3 is 0 Å². The number of carbonyl (C=O) groups excluding carboxylic acids is 2. The van der Waals surface area contributed by atoms with Gasteiger partial charge in [0, 0.05) is 11.3 Å². The molecule has 0 saturated carbocycles. The molecule has 1 amide bonds. The third kappa shape index (κ3) is 5.34. The molecule has 6 heteroatoms. The lowest BCUT2D eigenvalue weighted by molar-refractivity contribution is -0.132. The highest BCUT2D eigenvalue weighted by molar-refractivity contribution is 6.51. The Balaban J connectivity index is 1.55. The van der Waals surface area contributed by atoms with E-state index < -0.39 is 17.7 Å². The van der Waals surface area contributed by atoms with Gasteiger partial charge in [0.15, 0.2) is 0 Å². The topological polar surface area (TPSA) is 76.1 Å². The lowest BCUT2D eigenvalue weighted by Crippen LogP contribution is -2.29. The van der Waals surface area contributed by atoms with Crippen LogP contribution in [0.15, 0.2) is 103 Å². The minimum absolute atomic E-state index is 0.0343. The number of aliphatic hydroxyl groups is 1. The Bertz CT molecular complexity index is 1560. The van der Waals surface area contributed by atoms with Gasteiger partial charge in [0.25, 0.3) is 11.7 Å². The molecule has 1 aliphatic heterocycles. The number of anilines is 1. The van der Waals surface area contributed by atoms with Crippen LogP contribution in [0.4, 0.5) is 5.69 Å². The van der Waals surface area contributed by atoms with Crippen molar-refractivity contribution in [3.8, 4) is 11.5 Å². The predicted molar refractivity (Wildman–Crippen MR) is 156 cm³/mol. The van der Waals surface area contributed by atoms with Crippen molar-refractivity contribution in [1.82, 2.24) is 0 Å². The van der Waals surface area contributed by atoms with Crippen molar-refractivity contribution >= 4 is 23.1 Å². The number of rotatable bonds is 8. The molecule has 1 unspecified atom stereocenters. The van der Waals surface area contributed by atoms with Crippen molar-refractivity contribution in [2.45, 2.75) is 33.4 Å². The number of hydrogen-bond donors (Lipinski definition) is 1. The summed E-state index contributed by atoms with van der Waals surface area (Å²) in [6.07, 6.45) is 0. The highest BCUT2D eigenvalue weighted by Crippen LogP contribution is 2.42. The summed E-state index contributed by atoms with van der Waals surface area (Å²) >= 11 is 0. The Kier molecular flexibility index (Phi) is 7.69. The molecular weight excluding hydrogens is 502 g/mol. The third-order valence-electron chi connectivity index (χ3n) is 6.95. The maximum atomic E-state index is 13.5. The van der Waals surface area contributed by atoms with E-state index in [1.54, 1.807) is 30.3 Å². The summed E-state index contributed by atoms with van der Waals surface area (Å²) in [6.45, 7) is 6.67. The van der Waals surface area contributed by atoms with Crippen LogP contribution in [0.1, 0.15) is 40.8 Å². The molecule has 0 bridgehead atoms. The molecule has 1 aliphatic rings. The van der Waals surface area contributed by atoms with Gasteiger partial charge in [-0.15, -0.1) is 0 Å². The van der Waals surface area contributed by atoms with Crippen molar-refractivity contribution in [2.75, 3.05) is 11.5 Å². The normalized spacial score (nSPS) is 16.3. The maximum Gasteiger partial charge on any atom is 0.300 e. The van der Waals surface area contributed by atoms with Crippen molar-refractivity contribution in [2.24, 2.45) is 0 Å². The Labute approximate surface area is 234 Å². The first-order chi connectivity index (χ1) is 19.4. The monoisotopic (exact) mass is 533 g/mol. The van der Waals surface area contributed by atoms with Crippen molar-refractivity contribution < 1.29 is 24.2 Å². The predicted octanol–water partition coefficient (Wildman–Crippen LogP) is 6.91. The van der Waals surface area contributed by atoms with Crippen LogP contribution in [0.25, 0.3) is 5.76 Å². The number of Topliss-reactive ketones (excluding diaryl/α,β-unsaturated/α-hetero) is 1. The lowest BCUT2D eigenvalue weighted by atomic mass is 9.94. The first-order valence-corrected chi connectivity index (χ1v) is 13.3. The second-order valence-electron chi connectivity index (χ2n) is 9.76. The average Bonchev–Trinajstić information content (AvgIpc) is 3.23.